The van der Waals surface area contributed by atoms with Crippen molar-refractivity contribution in [3.63, 3.8) is 0 Å². The summed E-state index contributed by atoms with van der Waals surface area (Å²) < 4.78 is 0. The molecular formula is C13H26N2O. The molecule has 1 saturated heterocycles. The Morgan fingerprint density at radius 3 is 2.62 bits per heavy atom. The van der Waals surface area contributed by atoms with E-state index in [9.17, 15) is 5.11 Å². The lowest BCUT2D eigenvalue weighted by Gasteiger charge is -2.40. The molecule has 0 radical (unpaired) electrons. The third kappa shape index (κ3) is 2.58. The standard InChI is InChI=1S/C13H26N2O/c1-10-7-15(3)11(2)6-12(10)14-8-13(9-16)4-5-13/h10-12,14,16H,4-9H2,1-3H3. The third-order valence-corrected chi connectivity index (χ3v) is 4.64. The van der Waals surface area contributed by atoms with Crippen LogP contribution in [0.25, 0.3) is 0 Å². The second-order valence-corrected chi connectivity index (χ2v) is 6.15. The van der Waals surface area contributed by atoms with Gasteiger partial charge in [-0.3, -0.25) is 0 Å². The van der Waals surface area contributed by atoms with E-state index in [2.05, 4.69) is 31.1 Å². The Morgan fingerprint density at radius 1 is 1.38 bits per heavy atom. The first-order valence-electron chi connectivity index (χ1n) is 6.61. The lowest BCUT2D eigenvalue weighted by molar-refractivity contribution is 0.113. The average Bonchev–Trinajstić information content (AvgIpc) is 3.02. The third-order valence-electron chi connectivity index (χ3n) is 4.64. The van der Waals surface area contributed by atoms with Gasteiger partial charge in [-0.05, 0) is 39.2 Å². The van der Waals surface area contributed by atoms with E-state index in [-0.39, 0.29) is 5.41 Å². The molecule has 2 fully saturated rings. The summed E-state index contributed by atoms with van der Waals surface area (Å²) in [6.45, 7) is 7.19. The van der Waals surface area contributed by atoms with E-state index in [4.69, 9.17) is 0 Å². The van der Waals surface area contributed by atoms with Crippen LogP contribution < -0.4 is 5.32 Å². The minimum atomic E-state index is 0.242. The highest BCUT2D eigenvalue weighted by Crippen LogP contribution is 2.44. The van der Waals surface area contributed by atoms with Crippen molar-refractivity contribution in [1.82, 2.24) is 10.2 Å². The number of piperidine rings is 1. The van der Waals surface area contributed by atoms with Gasteiger partial charge in [-0.15, -0.1) is 0 Å². The molecule has 0 aromatic rings. The van der Waals surface area contributed by atoms with Gasteiger partial charge in [-0.1, -0.05) is 6.92 Å². The van der Waals surface area contributed by atoms with Crippen LogP contribution in [0.2, 0.25) is 0 Å². The smallest absolute Gasteiger partial charge is 0.0499 e. The van der Waals surface area contributed by atoms with Crippen molar-refractivity contribution in [2.75, 3.05) is 26.7 Å². The summed E-state index contributed by atoms with van der Waals surface area (Å²) in [5.74, 6) is 0.718. The van der Waals surface area contributed by atoms with Crippen molar-refractivity contribution in [3.8, 4) is 0 Å². The molecule has 3 atom stereocenters. The van der Waals surface area contributed by atoms with Gasteiger partial charge < -0.3 is 15.3 Å². The van der Waals surface area contributed by atoms with Crippen LogP contribution in [-0.2, 0) is 0 Å². The number of aliphatic hydroxyl groups excluding tert-OH is 1. The van der Waals surface area contributed by atoms with Gasteiger partial charge in [0.1, 0.15) is 0 Å². The van der Waals surface area contributed by atoms with E-state index in [1.807, 2.05) is 0 Å². The zero-order valence-electron chi connectivity index (χ0n) is 10.9. The molecule has 94 valence electrons. The lowest BCUT2D eigenvalue weighted by atomic mass is 9.89. The first kappa shape index (κ1) is 12.3. The van der Waals surface area contributed by atoms with Gasteiger partial charge in [0.2, 0.25) is 0 Å². The summed E-state index contributed by atoms with van der Waals surface area (Å²) in [5, 5.41) is 13.0. The lowest BCUT2D eigenvalue weighted by Crippen LogP contribution is -2.52. The largest absolute Gasteiger partial charge is 0.396 e. The fraction of sp³-hybridized carbons (Fsp3) is 1.00. The summed E-state index contributed by atoms with van der Waals surface area (Å²) in [6.07, 6.45) is 3.64. The predicted molar refractivity (Wildman–Crippen MR) is 66.4 cm³/mol. The minimum Gasteiger partial charge on any atom is -0.396 e. The van der Waals surface area contributed by atoms with Crippen molar-refractivity contribution in [1.29, 1.82) is 0 Å². The molecule has 16 heavy (non-hydrogen) atoms. The molecule has 2 rings (SSSR count). The van der Waals surface area contributed by atoms with E-state index >= 15 is 0 Å². The Morgan fingerprint density at radius 2 is 2.06 bits per heavy atom. The van der Waals surface area contributed by atoms with Gasteiger partial charge >= 0.3 is 0 Å². The van der Waals surface area contributed by atoms with Gasteiger partial charge in [0.15, 0.2) is 0 Å². The average molecular weight is 226 g/mol. The summed E-state index contributed by atoms with van der Waals surface area (Å²) >= 11 is 0. The Labute approximate surface area is 99.2 Å². The molecule has 1 aliphatic carbocycles. The molecule has 0 spiro atoms. The first-order valence-corrected chi connectivity index (χ1v) is 6.61. The second kappa shape index (κ2) is 4.63. The Bertz CT molecular complexity index is 240. The molecule has 1 saturated carbocycles. The van der Waals surface area contributed by atoms with Crippen LogP contribution >= 0.6 is 0 Å². The number of likely N-dealkylation sites (tertiary alicyclic amines) is 1. The van der Waals surface area contributed by atoms with E-state index in [1.54, 1.807) is 0 Å². The number of hydrogen-bond acceptors (Lipinski definition) is 3. The fourth-order valence-corrected chi connectivity index (χ4v) is 2.74. The molecule has 2 aliphatic rings. The van der Waals surface area contributed by atoms with E-state index in [1.165, 1.54) is 25.8 Å². The summed E-state index contributed by atoms with van der Waals surface area (Å²) in [7, 11) is 2.22. The van der Waals surface area contributed by atoms with Crippen molar-refractivity contribution < 1.29 is 5.11 Å². The maximum Gasteiger partial charge on any atom is 0.0499 e. The van der Waals surface area contributed by atoms with Crippen LogP contribution in [0.15, 0.2) is 0 Å². The molecule has 0 aromatic carbocycles. The van der Waals surface area contributed by atoms with Crippen molar-refractivity contribution in [2.24, 2.45) is 11.3 Å². The van der Waals surface area contributed by atoms with Gasteiger partial charge in [0.05, 0.1) is 0 Å². The molecule has 0 aromatic heterocycles. The highest BCUT2D eigenvalue weighted by molar-refractivity contribution is 4.96. The van der Waals surface area contributed by atoms with Crippen molar-refractivity contribution in [3.05, 3.63) is 0 Å². The number of nitrogens with one attached hydrogen (secondary N) is 1. The quantitative estimate of drug-likeness (QED) is 0.753. The van der Waals surface area contributed by atoms with E-state index in [0.717, 1.165) is 12.5 Å². The number of hydrogen-bond donors (Lipinski definition) is 2. The minimum absolute atomic E-state index is 0.242. The van der Waals surface area contributed by atoms with Crippen LogP contribution in [0.5, 0.6) is 0 Å². The zero-order valence-corrected chi connectivity index (χ0v) is 10.9. The summed E-state index contributed by atoms with van der Waals surface area (Å²) in [6, 6.07) is 1.31. The molecule has 2 N–H and O–H groups in total. The molecule has 1 aliphatic heterocycles. The number of rotatable bonds is 4. The molecule has 3 nitrogen and oxygen atoms in total. The van der Waals surface area contributed by atoms with Crippen molar-refractivity contribution >= 4 is 0 Å². The maximum atomic E-state index is 9.30. The van der Waals surface area contributed by atoms with Crippen LogP contribution in [0.1, 0.15) is 33.1 Å². The SMILES string of the molecule is CC1CN(C)C(C)CC1NCC1(CO)CC1. The van der Waals surface area contributed by atoms with Gasteiger partial charge in [0, 0.05) is 37.2 Å². The molecule has 0 bridgehead atoms. The van der Waals surface area contributed by atoms with Gasteiger partial charge in [-0.2, -0.15) is 0 Å². The molecule has 3 heteroatoms. The van der Waals surface area contributed by atoms with E-state index in [0.29, 0.717) is 18.7 Å². The zero-order chi connectivity index (χ0) is 11.8. The number of aliphatic hydroxyl groups is 1. The summed E-state index contributed by atoms with van der Waals surface area (Å²) in [4.78, 5) is 2.45. The van der Waals surface area contributed by atoms with Crippen LogP contribution in [0, 0.1) is 11.3 Å². The Hall–Kier alpha value is -0.120. The highest BCUT2D eigenvalue weighted by Gasteiger charge is 2.42. The monoisotopic (exact) mass is 226 g/mol. The van der Waals surface area contributed by atoms with Crippen molar-refractivity contribution in [2.45, 2.75) is 45.2 Å². The predicted octanol–water partition coefficient (Wildman–Crippen LogP) is 1.08. The van der Waals surface area contributed by atoms with Gasteiger partial charge in [-0.25, -0.2) is 0 Å². The number of nitrogens with zero attached hydrogens (tertiary/aromatic N) is 1. The molecular weight excluding hydrogens is 200 g/mol. The van der Waals surface area contributed by atoms with Crippen LogP contribution in [0.4, 0.5) is 0 Å². The molecule has 0 amide bonds. The maximum absolute atomic E-state index is 9.30. The highest BCUT2D eigenvalue weighted by atomic mass is 16.3. The topological polar surface area (TPSA) is 35.5 Å². The Balaban J connectivity index is 1.80. The van der Waals surface area contributed by atoms with E-state index < -0.39 is 0 Å². The Kier molecular flexibility index (Phi) is 3.57. The van der Waals surface area contributed by atoms with Gasteiger partial charge in [0.25, 0.3) is 0 Å². The fourth-order valence-electron chi connectivity index (χ4n) is 2.74. The normalized spacial score (nSPS) is 38.6. The first-order chi connectivity index (χ1) is 7.56. The summed E-state index contributed by atoms with van der Waals surface area (Å²) in [5.41, 5.74) is 0.242. The van der Waals surface area contributed by atoms with Crippen LogP contribution in [0.3, 0.4) is 0 Å². The molecule has 3 unspecified atom stereocenters. The second-order valence-electron chi connectivity index (χ2n) is 6.15. The molecule has 1 heterocycles. The van der Waals surface area contributed by atoms with Crippen LogP contribution in [-0.4, -0.2) is 48.8 Å².